The molecule has 2 heteroatoms. The molecule has 0 saturated carbocycles. The van der Waals surface area contributed by atoms with Crippen LogP contribution in [-0.2, 0) is 11.2 Å². The number of rotatable bonds is 8. The monoisotopic (exact) mass is 217 g/mol. The van der Waals surface area contributed by atoms with Gasteiger partial charge in [-0.25, -0.2) is 0 Å². The molecule has 0 saturated heterocycles. The third-order valence-electron chi connectivity index (χ3n) is 2.42. The Labute approximate surface area is 97.9 Å². The molecule has 0 radical (unpaired) electrons. The molecule has 0 atom stereocenters. The van der Waals surface area contributed by atoms with E-state index in [2.05, 4.69) is 30.3 Å². The van der Waals surface area contributed by atoms with Crippen molar-refractivity contribution >= 4 is 0 Å². The first-order valence-corrected chi connectivity index (χ1v) is 5.92. The van der Waals surface area contributed by atoms with Crippen molar-refractivity contribution in [1.82, 2.24) is 0 Å². The SMILES string of the molecule is N#CCCCCOCCCc1ccccc1. The third kappa shape index (κ3) is 6.21. The van der Waals surface area contributed by atoms with Crippen LogP contribution in [0.25, 0.3) is 0 Å². The van der Waals surface area contributed by atoms with Gasteiger partial charge in [0, 0.05) is 19.6 Å². The molecule has 0 bridgehead atoms. The Balaban J connectivity index is 1.91. The van der Waals surface area contributed by atoms with Crippen molar-refractivity contribution in [1.29, 1.82) is 5.26 Å². The van der Waals surface area contributed by atoms with Gasteiger partial charge in [-0.15, -0.1) is 0 Å². The molecule has 0 spiro atoms. The second-order valence-electron chi connectivity index (χ2n) is 3.82. The maximum Gasteiger partial charge on any atom is 0.0621 e. The third-order valence-corrected chi connectivity index (χ3v) is 2.42. The smallest absolute Gasteiger partial charge is 0.0621 e. The van der Waals surface area contributed by atoms with Crippen LogP contribution in [0.3, 0.4) is 0 Å². The summed E-state index contributed by atoms with van der Waals surface area (Å²) in [5, 5.41) is 8.34. The molecule has 0 heterocycles. The van der Waals surface area contributed by atoms with Crippen LogP contribution in [0.4, 0.5) is 0 Å². The van der Waals surface area contributed by atoms with E-state index in [-0.39, 0.29) is 0 Å². The van der Waals surface area contributed by atoms with Gasteiger partial charge in [0.15, 0.2) is 0 Å². The summed E-state index contributed by atoms with van der Waals surface area (Å²) in [6.45, 7) is 1.61. The summed E-state index contributed by atoms with van der Waals surface area (Å²) in [6.07, 6.45) is 4.75. The molecule has 1 rings (SSSR count). The van der Waals surface area contributed by atoms with E-state index < -0.39 is 0 Å². The number of aryl methyl sites for hydroxylation is 1. The average molecular weight is 217 g/mol. The minimum atomic E-state index is 0.646. The number of hydrogen-bond donors (Lipinski definition) is 0. The fourth-order valence-corrected chi connectivity index (χ4v) is 1.53. The summed E-state index contributed by atoms with van der Waals surface area (Å²) in [5.74, 6) is 0. The van der Waals surface area contributed by atoms with Gasteiger partial charge >= 0.3 is 0 Å². The standard InChI is InChI=1S/C14H19NO/c15-11-5-2-6-12-16-13-7-10-14-8-3-1-4-9-14/h1,3-4,8-9H,2,5-7,10,12-13H2. The fraction of sp³-hybridized carbons (Fsp3) is 0.500. The van der Waals surface area contributed by atoms with Crippen molar-refractivity contribution < 1.29 is 4.74 Å². The Morgan fingerprint density at radius 2 is 1.75 bits per heavy atom. The predicted octanol–water partition coefficient (Wildman–Crippen LogP) is 3.33. The average Bonchev–Trinajstić information content (AvgIpc) is 2.34. The van der Waals surface area contributed by atoms with E-state index in [0.29, 0.717) is 6.42 Å². The number of benzene rings is 1. The fourth-order valence-electron chi connectivity index (χ4n) is 1.53. The lowest BCUT2D eigenvalue weighted by atomic mass is 10.1. The van der Waals surface area contributed by atoms with Gasteiger partial charge in [0.2, 0.25) is 0 Å². The van der Waals surface area contributed by atoms with Crippen molar-refractivity contribution in [3.05, 3.63) is 35.9 Å². The molecule has 0 aromatic heterocycles. The zero-order valence-electron chi connectivity index (χ0n) is 9.69. The minimum absolute atomic E-state index is 0.646. The Morgan fingerprint density at radius 1 is 1.00 bits per heavy atom. The molecule has 0 aliphatic rings. The summed E-state index contributed by atoms with van der Waals surface area (Å²) < 4.78 is 5.49. The van der Waals surface area contributed by atoms with E-state index in [1.165, 1.54) is 5.56 Å². The van der Waals surface area contributed by atoms with Crippen LogP contribution in [0.2, 0.25) is 0 Å². The highest BCUT2D eigenvalue weighted by Crippen LogP contribution is 2.02. The van der Waals surface area contributed by atoms with Crippen molar-refractivity contribution in [2.45, 2.75) is 32.1 Å². The largest absolute Gasteiger partial charge is 0.381 e. The summed E-state index contributed by atoms with van der Waals surface area (Å²) in [6, 6.07) is 12.6. The van der Waals surface area contributed by atoms with Crippen molar-refractivity contribution in [2.75, 3.05) is 13.2 Å². The van der Waals surface area contributed by atoms with Crippen LogP contribution in [0.5, 0.6) is 0 Å². The lowest BCUT2D eigenvalue weighted by Crippen LogP contribution is -1.98. The Hall–Kier alpha value is -1.33. The topological polar surface area (TPSA) is 33.0 Å². The lowest BCUT2D eigenvalue weighted by Gasteiger charge is -2.03. The summed E-state index contributed by atoms with van der Waals surface area (Å²) in [5.41, 5.74) is 1.37. The van der Waals surface area contributed by atoms with Gasteiger partial charge in [0.1, 0.15) is 0 Å². The van der Waals surface area contributed by atoms with Gasteiger partial charge in [-0.3, -0.25) is 0 Å². The Morgan fingerprint density at radius 3 is 2.50 bits per heavy atom. The van der Waals surface area contributed by atoms with E-state index >= 15 is 0 Å². The van der Waals surface area contributed by atoms with Crippen LogP contribution in [0.1, 0.15) is 31.2 Å². The van der Waals surface area contributed by atoms with Gasteiger partial charge in [-0.2, -0.15) is 5.26 Å². The molecule has 0 amide bonds. The first-order chi connectivity index (χ1) is 7.93. The zero-order valence-corrected chi connectivity index (χ0v) is 9.69. The van der Waals surface area contributed by atoms with E-state index in [1.54, 1.807) is 0 Å². The second-order valence-corrected chi connectivity index (χ2v) is 3.82. The number of nitrogens with zero attached hydrogens (tertiary/aromatic N) is 1. The first kappa shape index (κ1) is 12.7. The van der Waals surface area contributed by atoms with Gasteiger partial charge < -0.3 is 4.74 Å². The highest BCUT2D eigenvalue weighted by molar-refractivity contribution is 5.14. The van der Waals surface area contributed by atoms with Crippen LogP contribution in [0, 0.1) is 11.3 Å². The molecule has 86 valence electrons. The molecule has 0 aliphatic carbocycles. The van der Waals surface area contributed by atoms with Gasteiger partial charge in [0.05, 0.1) is 6.07 Å². The first-order valence-electron chi connectivity index (χ1n) is 5.92. The number of nitriles is 1. The second kappa shape index (κ2) is 8.94. The quantitative estimate of drug-likeness (QED) is 0.626. The molecule has 0 fully saturated rings. The van der Waals surface area contributed by atoms with Gasteiger partial charge in [-0.05, 0) is 31.2 Å². The predicted molar refractivity (Wildman–Crippen MR) is 65.0 cm³/mol. The van der Waals surface area contributed by atoms with Crippen LogP contribution in [-0.4, -0.2) is 13.2 Å². The van der Waals surface area contributed by atoms with Crippen molar-refractivity contribution in [2.24, 2.45) is 0 Å². The summed E-state index contributed by atoms with van der Waals surface area (Å²) >= 11 is 0. The van der Waals surface area contributed by atoms with Gasteiger partial charge in [-0.1, -0.05) is 30.3 Å². The van der Waals surface area contributed by atoms with Gasteiger partial charge in [0.25, 0.3) is 0 Å². The molecule has 1 aromatic carbocycles. The summed E-state index contributed by atoms with van der Waals surface area (Å²) in [7, 11) is 0. The number of unbranched alkanes of at least 4 members (excludes halogenated alkanes) is 2. The highest BCUT2D eigenvalue weighted by atomic mass is 16.5. The van der Waals surface area contributed by atoms with Crippen LogP contribution >= 0.6 is 0 Å². The molecule has 0 unspecified atom stereocenters. The molecule has 1 aromatic rings. The van der Waals surface area contributed by atoms with E-state index in [4.69, 9.17) is 10.00 Å². The molecule has 2 nitrogen and oxygen atoms in total. The molecule has 0 aliphatic heterocycles. The molecular weight excluding hydrogens is 198 g/mol. The van der Waals surface area contributed by atoms with E-state index in [0.717, 1.165) is 38.9 Å². The van der Waals surface area contributed by atoms with Crippen LogP contribution < -0.4 is 0 Å². The minimum Gasteiger partial charge on any atom is -0.381 e. The highest BCUT2D eigenvalue weighted by Gasteiger charge is 1.93. The summed E-state index contributed by atoms with van der Waals surface area (Å²) in [4.78, 5) is 0. The lowest BCUT2D eigenvalue weighted by molar-refractivity contribution is 0.128. The maximum atomic E-state index is 8.34. The Bertz CT molecular complexity index is 302. The van der Waals surface area contributed by atoms with E-state index in [1.807, 2.05) is 6.07 Å². The Kier molecular flexibility index (Phi) is 7.11. The van der Waals surface area contributed by atoms with Crippen LogP contribution in [0.15, 0.2) is 30.3 Å². The number of hydrogen-bond acceptors (Lipinski definition) is 2. The molecule has 16 heavy (non-hydrogen) atoms. The normalized spacial score (nSPS) is 9.94. The zero-order chi connectivity index (χ0) is 11.5. The van der Waals surface area contributed by atoms with Crippen molar-refractivity contribution in [3.8, 4) is 6.07 Å². The molecule has 0 N–H and O–H groups in total. The number of ether oxygens (including phenoxy) is 1. The van der Waals surface area contributed by atoms with E-state index in [9.17, 15) is 0 Å². The molecular formula is C14H19NO. The maximum absolute atomic E-state index is 8.34. The van der Waals surface area contributed by atoms with Crippen molar-refractivity contribution in [3.63, 3.8) is 0 Å².